The zero-order valence-electron chi connectivity index (χ0n) is 9.11. The Balaban J connectivity index is 1.86. The first kappa shape index (κ1) is 10.8. The molecule has 82 valence electrons. The summed E-state index contributed by atoms with van der Waals surface area (Å²) < 4.78 is 0. The van der Waals surface area contributed by atoms with Crippen molar-refractivity contribution >= 4 is 17.1 Å². The summed E-state index contributed by atoms with van der Waals surface area (Å²) in [6, 6.07) is 3.86. The molecule has 2 nitrogen and oxygen atoms in total. The number of carbonyl (C=O) groups is 1. The van der Waals surface area contributed by atoms with Crippen LogP contribution in [0.1, 0.15) is 29.4 Å². The number of ketones is 1. The smallest absolute Gasteiger partial charge is 0.186 e. The molecule has 15 heavy (non-hydrogen) atoms. The van der Waals surface area contributed by atoms with E-state index in [1.54, 1.807) is 11.3 Å². The number of rotatable bonds is 4. The van der Waals surface area contributed by atoms with Gasteiger partial charge in [-0.25, -0.2) is 0 Å². The standard InChI is InChI=1S/C12H17NOS/c1-2-10-5-6-13(8-10)9-11(14)12-4-3-7-15-12/h3-4,7,10H,2,5-6,8-9H2,1H3. The molecule has 1 unspecified atom stereocenters. The van der Waals surface area contributed by atoms with Crippen LogP contribution in [0.15, 0.2) is 17.5 Å². The number of carbonyl (C=O) groups excluding carboxylic acids is 1. The lowest BCUT2D eigenvalue weighted by atomic mass is 10.1. The van der Waals surface area contributed by atoms with Crippen molar-refractivity contribution in [2.24, 2.45) is 5.92 Å². The van der Waals surface area contributed by atoms with Crippen molar-refractivity contribution in [2.45, 2.75) is 19.8 Å². The topological polar surface area (TPSA) is 20.3 Å². The second-order valence-corrected chi connectivity index (χ2v) is 5.15. The quantitative estimate of drug-likeness (QED) is 0.731. The normalized spacial score (nSPS) is 22.1. The Bertz CT molecular complexity index is 320. The van der Waals surface area contributed by atoms with Crippen LogP contribution in [0.3, 0.4) is 0 Å². The van der Waals surface area contributed by atoms with E-state index in [0.717, 1.165) is 23.9 Å². The fraction of sp³-hybridized carbons (Fsp3) is 0.583. The third kappa shape index (κ3) is 2.67. The molecule has 1 aromatic heterocycles. The lowest BCUT2D eigenvalue weighted by Crippen LogP contribution is -2.27. The predicted octanol–water partition coefficient (Wildman–Crippen LogP) is 2.66. The molecule has 3 heteroatoms. The van der Waals surface area contributed by atoms with Crippen LogP contribution in [0.4, 0.5) is 0 Å². The van der Waals surface area contributed by atoms with E-state index < -0.39 is 0 Å². The highest BCUT2D eigenvalue weighted by molar-refractivity contribution is 7.12. The molecule has 0 N–H and O–H groups in total. The number of hydrogen-bond donors (Lipinski definition) is 0. The molecule has 1 saturated heterocycles. The van der Waals surface area contributed by atoms with Crippen LogP contribution >= 0.6 is 11.3 Å². The van der Waals surface area contributed by atoms with E-state index in [-0.39, 0.29) is 5.78 Å². The molecule has 2 rings (SSSR count). The number of hydrogen-bond acceptors (Lipinski definition) is 3. The summed E-state index contributed by atoms with van der Waals surface area (Å²) in [5.41, 5.74) is 0. The molecule has 1 fully saturated rings. The van der Waals surface area contributed by atoms with Crippen LogP contribution in [0.5, 0.6) is 0 Å². The Morgan fingerprint density at radius 3 is 3.13 bits per heavy atom. The molecule has 0 radical (unpaired) electrons. The van der Waals surface area contributed by atoms with E-state index in [2.05, 4.69) is 11.8 Å². The monoisotopic (exact) mass is 223 g/mol. The molecular weight excluding hydrogens is 206 g/mol. The third-order valence-electron chi connectivity index (χ3n) is 3.11. The molecule has 0 saturated carbocycles. The number of nitrogens with zero attached hydrogens (tertiary/aromatic N) is 1. The van der Waals surface area contributed by atoms with Gasteiger partial charge in [-0.05, 0) is 30.3 Å². The Morgan fingerprint density at radius 2 is 2.53 bits per heavy atom. The summed E-state index contributed by atoms with van der Waals surface area (Å²) in [6.07, 6.45) is 2.50. The maximum absolute atomic E-state index is 11.8. The molecule has 0 spiro atoms. The highest BCUT2D eigenvalue weighted by Crippen LogP contribution is 2.19. The van der Waals surface area contributed by atoms with Crippen LogP contribution in [0, 0.1) is 5.92 Å². The van der Waals surface area contributed by atoms with Crippen molar-refractivity contribution in [3.63, 3.8) is 0 Å². The highest BCUT2D eigenvalue weighted by atomic mass is 32.1. The van der Waals surface area contributed by atoms with Gasteiger partial charge in [-0.1, -0.05) is 19.4 Å². The zero-order chi connectivity index (χ0) is 10.7. The maximum Gasteiger partial charge on any atom is 0.186 e. The fourth-order valence-corrected chi connectivity index (χ4v) is 2.76. The number of likely N-dealkylation sites (tertiary alicyclic amines) is 1. The molecule has 0 aliphatic carbocycles. The van der Waals surface area contributed by atoms with Gasteiger partial charge in [0.05, 0.1) is 11.4 Å². The second-order valence-electron chi connectivity index (χ2n) is 4.20. The van der Waals surface area contributed by atoms with Crippen LogP contribution < -0.4 is 0 Å². The zero-order valence-corrected chi connectivity index (χ0v) is 9.93. The van der Waals surface area contributed by atoms with E-state index in [0.29, 0.717) is 6.54 Å². The largest absolute Gasteiger partial charge is 0.295 e. The van der Waals surface area contributed by atoms with E-state index >= 15 is 0 Å². The molecule has 2 heterocycles. The summed E-state index contributed by atoms with van der Waals surface area (Å²) in [5.74, 6) is 1.09. The van der Waals surface area contributed by atoms with Crippen molar-refractivity contribution in [3.05, 3.63) is 22.4 Å². The van der Waals surface area contributed by atoms with E-state index in [1.165, 1.54) is 12.8 Å². The van der Waals surface area contributed by atoms with Crippen molar-refractivity contribution in [3.8, 4) is 0 Å². The van der Waals surface area contributed by atoms with Gasteiger partial charge in [-0.2, -0.15) is 0 Å². The van der Waals surface area contributed by atoms with Crippen LogP contribution in [0.25, 0.3) is 0 Å². The maximum atomic E-state index is 11.8. The molecule has 0 amide bonds. The molecule has 0 bridgehead atoms. The Labute approximate surface area is 94.9 Å². The predicted molar refractivity (Wildman–Crippen MR) is 63.5 cm³/mol. The first-order valence-corrected chi connectivity index (χ1v) is 6.46. The molecule has 1 atom stereocenters. The van der Waals surface area contributed by atoms with Gasteiger partial charge in [-0.3, -0.25) is 9.69 Å². The van der Waals surface area contributed by atoms with Gasteiger partial charge >= 0.3 is 0 Å². The first-order valence-electron chi connectivity index (χ1n) is 5.58. The van der Waals surface area contributed by atoms with Gasteiger partial charge < -0.3 is 0 Å². The molecular formula is C12H17NOS. The minimum atomic E-state index is 0.279. The molecule has 0 aromatic carbocycles. The summed E-state index contributed by atoms with van der Waals surface area (Å²) in [7, 11) is 0. The van der Waals surface area contributed by atoms with Crippen LogP contribution in [0.2, 0.25) is 0 Å². The van der Waals surface area contributed by atoms with Gasteiger partial charge in [0.1, 0.15) is 0 Å². The van der Waals surface area contributed by atoms with Crippen molar-refractivity contribution < 1.29 is 4.79 Å². The summed E-state index contributed by atoms with van der Waals surface area (Å²) in [5, 5.41) is 1.96. The van der Waals surface area contributed by atoms with Gasteiger partial charge in [0.15, 0.2) is 5.78 Å². The summed E-state index contributed by atoms with van der Waals surface area (Å²) in [6.45, 7) is 5.04. The van der Waals surface area contributed by atoms with E-state index in [4.69, 9.17) is 0 Å². The fourth-order valence-electron chi connectivity index (χ4n) is 2.11. The third-order valence-corrected chi connectivity index (χ3v) is 4.02. The lowest BCUT2D eigenvalue weighted by molar-refractivity contribution is 0.0947. The summed E-state index contributed by atoms with van der Waals surface area (Å²) >= 11 is 1.54. The van der Waals surface area contributed by atoms with Gasteiger partial charge in [0.25, 0.3) is 0 Å². The van der Waals surface area contributed by atoms with E-state index in [1.807, 2.05) is 17.5 Å². The number of thiophene rings is 1. The molecule has 1 aliphatic heterocycles. The highest BCUT2D eigenvalue weighted by Gasteiger charge is 2.23. The Morgan fingerprint density at radius 1 is 1.67 bits per heavy atom. The van der Waals surface area contributed by atoms with E-state index in [9.17, 15) is 4.79 Å². The van der Waals surface area contributed by atoms with Crippen molar-refractivity contribution in [1.82, 2.24) is 4.90 Å². The van der Waals surface area contributed by atoms with Gasteiger partial charge in [-0.15, -0.1) is 11.3 Å². The Kier molecular flexibility index (Phi) is 3.54. The second kappa shape index (κ2) is 4.90. The SMILES string of the molecule is CCC1CCN(CC(=O)c2cccs2)C1. The van der Waals surface area contributed by atoms with Gasteiger partial charge in [0.2, 0.25) is 0 Å². The van der Waals surface area contributed by atoms with Gasteiger partial charge in [0, 0.05) is 6.54 Å². The molecule has 1 aromatic rings. The van der Waals surface area contributed by atoms with Crippen molar-refractivity contribution in [2.75, 3.05) is 19.6 Å². The van der Waals surface area contributed by atoms with Crippen LogP contribution in [-0.4, -0.2) is 30.3 Å². The average molecular weight is 223 g/mol. The summed E-state index contributed by atoms with van der Waals surface area (Å²) in [4.78, 5) is 15.0. The minimum Gasteiger partial charge on any atom is -0.295 e. The van der Waals surface area contributed by atoms with Crippen LogP contribution in [-0.2, 0) is 0 Å². The molecule has 1 aliphatic rings. The minimum absolute atomic E-state index is 0.279. The Hall–Kier alpha value is -0.670. The average Bonchev–Trinajstić information content (AvgIpc) is 2.87. The lowest BCUT2D eigenvalue weighted by Gasteiger charge is -2.13. The number of Topliss-reactive ketones (excluding diaryl/α,β-unsaturated/α-hetero) is 1. The van der Waals surface area contributed by atoms with Crippen molar-refractivity contribution in [1.29, 1.82) is 0 Å². The first-order chi connectivity index (χ1) is 7.29.